The van der Waals surface area contributed by atoms with Gasteiger partial charge in [-0.3, -0.25) is 9.59 Å². The van der Waals surface area contributed by atoms with Gasteiger partial charge in [0.2, 0.25) is 5.91 Å². The van der Waals surface area contributed by atoms with Crippen molar-refractivity contribution in [3.63, 3.8) is 0 Å². The molecule has 2 N–H and O–H groups in total. The molecule has 2 atom stereocenters. The molecule has 3 heterocycles. The van der Waals surface area contributed by atoms with E-state index in [1.165, 1.54) is 17.7 Å². The number of amides is 2. The third-order valence-corrected chi connectivity index (χ3v) is 6.88. The standard InChI is InChI=1S/C23H26ClN5O3S/c1-3-4-19-23(31)28(10-15-5-6-17-18(7-15)26-13-27-22(17)25)14(2)9-29(19)21(30)11-32-16-8-20(24)33-12-16/h5-8,12-14,19H,3-4,9-11H2,1-2H3,(H2,25,26,27). The zero-order chi connectivity index (χ0) is 23.5. The highest BCUT2D eigenvalue weighted by Crippen LogP contribution is 2.27. The van der Waals surface area contributed by atoms with Crippen LogP contribution in [0, 0.1) is 0 Å². The molecule has 0 spiro atoms. The molecule has 2 aromatic heterocycles. The molecule has 2 amide bonds. The van der Waals surface area contributed by atoms with Gasteiger partial charge in [-0.1, -0.05) is 31.0 Å². The highest BCUT2D eigenvalue weighted by atomic mass is 35.5. The SMILES string of the molecule is CCCC1C(=O)N(Cc2ccc3c(N)ncnc3c2)C(C)CN1C(=O)COc1csc(Cl)c1. The Hall–Kier alpha value is -2.91. The number of nitrogen functional groups attached to an aromatic ring is 1. The minimum atomic E-state index is -0.508. The molecular weight excluding hydrogens is 462 g/mol. The molecule has 3 aromatic rings. The first kappa shape index (κ1) is 23.3. The highest BCUT2D eigenvalue weighted by molar-refractivity contribution is 7.14. The molecule has 1 aromatic carbocycles. The van der Waals surface area contributed by atoms with Crippen molar-refractivity contribution in [1.82, 2.24) is 19.8 Å². The van der Waals surface area contributed by atoms with Crippen molar-refractivity contribution in [2.45, 2.75) is 45.3 Å². The molecule has 8 nitrogen and oxygen atoms in total. The van der Waals surface area contributed by atoms with Gasteiger partial charge in [0.25, 0.3) is 5.91 Å². The number of piperazine rings is 1. The minimum absolute atomic E-state index is 0.0511. The van der Waals surface area contributed by atoms with Gasteiger partial charge in [-0.05, 0) is 31.0 Å². The predicted octanol–water partition coefficient (Wildman–Crippen LogP) is 3.73. The van der Waals surface area contributed by atoms with E-state index in [9.17, 15) is 9.59 Å². The molecule has 0 saturated carbocycles. The quantitative estimate of drug-likeness (QED) is 0.544. The molecule has 0 radical (unpaired) electrons. The van der Waals surface area contributed by atoms with E-state index in [-0.39, 0.29) is 24.5 Å². The number of aromatic nitrogens is 2. The first-order valence-corrected chi connectivity index (χ1v) is 12.1. The van der Waals surface area contributed by atoms with Crippen LogP contribution in [0.5, 0.6) is 5.75 Å². The van der Waals surface area contributed by atoms with Gasteiger partial charge in [-0.25, -0.2) is 9.97 Å². The maximum absolute atomic E-state index is 13.5. The number of carbonyl (C=O) groups excluding carboxylic acids is 2. The first-order chi connectivity index (χ1) is 15.9. The topological polar surface area (TPSA) is 102 Å². The van der Waals surface area contributed by atoms with Crippen LogP contribution in [0.1, 0.15) is 32.3 Å². The van der Waals surface area contributed by atoms with E-state index in [0.29, 0.717) is 35.4 Å². The number of carbonyl (C=O) groups is 2. The van der Waals surface area contributed by atoms with Gasteiger partial charge in [-0.2, -0.15) is 0 Å². The average Bonchev–Trinajstić information content (AvgIpc) is 3.22. The average molecular weight is 488 g/mol. The predicted molar refractivity (Wildman–Crippen MR) is 129 cm³/mol. The number of ether oxygens (including phenoxy) is 1. The molecule has 1 aliphatic heterocycles. The maximum atomic E-state index is 13.5. The lowest BCUT2D eigenvalue weighted by molar-refractivity contribution is -0.156. The highest BCUT2D eigenvalue weighted by Gasteiger charge is 2.40. The van der Waals surface area contributed by atoms with E-state index in [1.54, 1.807) is 16.3 Å². The fourth-order valence-corrected chi connectivity index (χ4v) is 4.92. The monoisotopic (exact) mass is 487 g/mol. The Kier molecular flexibility index (Phi) is 6.99. The molecule has 174 valence electrons. The summed E-state index contributed by atoms with van der Waals surface area (Å²) in [6.45, 7) is 4.73. The van der Waals surface area contributed by atoms with Gasteiger partial charge in [0, 0.05) is 36.0 Å². The molecule has 1 fully saturated rings. The summed E-state index contributed by atoms with van der Waals surface area (Å²) in [6.07, 6.45) is 2.82. The molecule has 33 heavy (non-hydrogen) atoms. The summed E-state index contributed by atoms with van der Waals surface area (Å²) in [6, 6.07) is 6.78. The van der Waals surface area contributed by atoms with Crippen LogP contribution in [0.3, 0.4) is 0 Å². The van der Waals surface area contributed by atoms with Crippen LogP contribution in [0.15, 0.2) is 36.0 Å². The summed E-state index contributed by atoms with van der Waals surface area (Å²) in [4.78, 5) is 38.3. The van der Waals surface area contributed by atoms with Gasteiger partial charge < -0.3 is 20.3 Å². The van der Waals surface area contributed by atoms with Gasteiger partial charge in [0.1, 0.15) is 23.9 Å². The first-order valence-electron chi connectivity index (χ1n) is 10.8. The number of hydrogen-bond acceptors (Lipinski definition) is 7. The van der Waals surface area contributed by atoms with Crippen LogP contribution in [-0.2, 0) is 16.1 Å². The summed E-state index contributed by atoms with van der Waals surface area (Å²) in [5, 5.41) is 2.54. The van der Waals surface area contributed by atoms with E-state index in [1.807, 2.05) is 36.9 Å². The third-order valence-electron chi connectivity index (χ3n) is 5.81. The second-order valence-electron chi connectivity index (χ2n) is 8.15. The molecule has 4 rings (SSSR count). The van der Waals surface area contributed by atoms with Crippen molar-refractivity contribution >= 4 is 51.5 Å². The van der Waals surface area contributed by atoms with Gasteiger partial charge in [0.15, 0.2) is 6.61 Å². The number of halogens is 1. The molecule has 0 aliphatic carbocycles. The van der Waals surface area contributed by atoms with Crippen molar-refractivity contribution < 1.29 is 14.3 Å². The Bertz CT molecular complexity index is 1170. The Morgan fingerprint density at radius 3 is 2.88 bits per heavy atom. The molecule has 1 saturated heterocycles. The molecule has 2 unspecified atom stereocenters. The van der Waals surface area contributed by atoms with E-state index in [0.717, 1.165) is 22.9 Å². The van der Waals surface area contributed by atoms with Gasteiger partial charge in [0.05, 0.1) is 9.85 Å². The second kappa shape index (κ2) is 9.93. The van der Waals surface area contributed by atoms with Crippen LogP contribution in [-0.4, -0.2) is 56.8 Å². The Morgan fingerprint density at radius 1 is 1.33 bits per heavy atom. The molecular formula is C23H26ClN5O3S. The number of rotatable bonds is 7. The maximum Gasteiger partial charge on any atom is 0.261 e. The fourth-order valence-electron chi connectivity index (χ4n) is 4.13. The lowest BCUT2D eigenvalue weighted by Gasteiger charge is -2.44. The lowest BCUT2D eigenvalue weighted by atomic mass is 10.0. The molecule has 10 heteroatoms. The molecule has 1 aliphatic rings. The largest absolute Gasteiger partial charge is 0.483 e. The summed E-state index contributed by atoms with van der Waals surface area (Å²) in [5.41, 5.74) is 7.62. The van der Waals surface area contributed by atoms with Gasteiger partial charge in [-0.15, -0.1) is 11.3 Å². The van der Waals surface area contributed by atoms with Crippen molar-refractivity contribution in [2.75, 3.05) is 18.9 Å². The van der Waals surface area contributed by atoms with E-state index >= 15 is 0 Å². The Balaban J connectivity index is 1.49. The minimum Gasteiger partial charge on any atom is -0.483 e. The van der Waals surface area contributed by atoms with Crippen molar-refractivity contribution in [1.29, 1.82) is 0 Å². The number of fused-ring (bicyclic) bond motifs is 1. The number of anilines is 1. The number of benzene rings is 1. The number of thiophene rings is 1. The van der Waals surface area contributed by atoms with E-state index in [2.05, 4.69) is 9.97 Å². The summed E-state index contributed by atoms with van der Waals surface area (Å²) in [5.74, 6) is 0.737. The van der Waals surface area contributed by atoms with E-state index in [4.69, 9.17) is 22.1 Å². The van der Waals surface area contributed by atoms with Crippen molar-refractivity contribution in [3.05, 3.63) is 45.9 Å². The second-order valence-corrected chi connectivity index (χ2v) is 9.69. The number of hydrogen-bond donors (Lipinski definition) is 1. The Labute approximate surface area is 201 Å². The zero-order valence-electron chi connectivity index (χ0n) is 18.5. The summed E-state index contributed by atoms with van der Waals surface area (Å²) in [7, 11) is 0. The number of nitrogens with zero attached hydrogens (tertiary/aromatic N) is 4. The van der Waals surface area contributed by atoms with Crippen molar-refractivity contribution in [2.24, 2.45) is 0 Å². The van der Waals surface area contributed by atoms with Crippen LogP contribution in [0.2, 0.25) is 4.34 Å². The molecule has 0 bridgehead atoms. The van der Waals surface area contributed by atoms with Crippen molar-refractivity contribution in [3.8, 4) is 5.75 Å². The fraction of sp³-hybridized carbons (Fsp3) is 0.391. The van der Waals surface area contributed by atoms with Crippen LogP contribution in [0.25, 0.3) is 10.9 Å². The summed E-state index contributed by atoms with van der Waals surface area (Å²) >= 11 is 7.27. The Morgan fingerprint density at radius 2 is 2.15 bits per heavy atom. The summed E-state index contributed by atoms with van der Waals surface area (Å²) < 4.78 is 6.20. The van der Waals surface area contributed by atoms with Crippen LogP contribution >= 0.6 is 22.9 Å². The van der Waals surface area contributed by atoms with E-state index < -0.39 is 6.04 Å². The number of nitrogens with two attached hydrogens (primary N) is 1. The van der Waals surface area contributed by atoms with Gasteiger partial charge >= 0.3 is 0 Å². The smallest absolute Gasteiger partial charge is 0.261 e. The zero-order valence-corrected chi connectivity index (χ0v) is 20.1. The van der Waals surface area contributed by atoms with Crippen LogP contribution < -0.4 is 10.5 Å². The third kappa shape index (κ3) is 5.04. The van der Waals surface area contributed by atoms with Crippen LogP contribution in [0.4, 0.5) is 5.82 Å². The normalized spacial score (nSPS) is 18.7. The lowest BCUT2D eigenvalue weighted by Crippen LogP contribution is -2.62.